The number of amides is 1. The Balaban J connectivity index is 2.05. The average Bonchev–Trinajstić information content (AvgIpc) is 2.38. The predicted molar refractivity (Wildman–Crippen MR) is 67.3 cm³/mol. The van der Waals surface area contributed by atoms with Gasteiger partial charge >= 0.3 is 6.09 Å². The van der Waals surface area contributed by atoms with Gasteiger partial charge in [0.15, 0.2) is 0 Å². The van der Waals surface area contributed by atoms with Gasteiger partial charge in [0.1, 0.15) is 18.1 Å². The molecule has 0 heterocycles. The summed E-state index contributed by atoms with van der Waals surface area (Å²) in [6.07, 6.45) is -0.788. The van der Waals surface area contributed by atoms with E-state index in [0.29, 0.717) is 5.75 Å². The highest BCUT2D eigenvalue weighted by Crippen LogP contribution is 2.21. The lowest BCUT2D eigenvalue weighted by Gasteiger charge is -2.07. The third-order valence-electron chi connectivity index (χ3n) is 2.26. The van der Waals surface area contributed by atoms with Crippen molar-refractivity contribution in [2.24, 2.45) is 5.73 Å². The highest BCUT2D eigenvalue weighted by Gasteiger charge is 2.00. The van der Waals surface area contributed by atoms with Gasteiger partial charge in [-0.1, -0.05) is 30.3 Å². The molecule has 0 atom stereocenters. The summed E-state index contributed by atoms with van der Waals surface area (Å²) >= 11 is 0. The third-order valence-corrected chi connectivity index (χ3v) is 2.26. The second-order valence-corrected chi connectivity index (χ2v) is 3.67. The molecule has 0 unspecified atom stereocenters. The number of carbonyl (C=O) groups excluding carboxylic acids is 1. The molecule has 0 saturated carbocycles. The van der Waals surface area contributed by atoms with E-state index < -0.39 is 6.09 Å². The molecule has 0 aliphatic carbocycles. The molecule has 0 bridgehead atoms. The van der Waals surface area contributed by atoms with Crippen molar-refractivity contribution in [2.75, 3.05) is 0 Å². The van der Waals surface area contributed by atoms with Gasteiger partial charge in [0, 0.05) is 0 Å². The van der Waals surface area contributed by atoms with Gasteiger partial charge in [0.2, 0.25) is 0 Å². The van der Waals surface area contributed by atoms with Crippen molar-refractivity contribution in [3.05, 3.63) is 60.2 Å². The standard InChI is InChI=1S/C14H13NO3/c15-14(16)17-10-11-5-4-8-13(9-11)18-12-6-2-1-3-7-12/h1-9H,10H2,(H2,15,16). The van der Waals surface area contributed by atoms with Crippen LogP contribution in [0.1, 0.15) is 5.56 Å². The number of benzene rings is 2. The lowest BCUT2D eigenvalue weighted by atomic mass is 10.2. The Hall–Kier alpha value is -2.49. The Morgan fingerprint density at radius 3 is 2.44 bits per heavy atom. The fourth-order valence-electron chi connectivity index (χ4n) is 1.48. The molecule has 2 aromatic rings. The zero-order valence-corrected chi connectivity index (χ0v) is 9.71. The van der Waals surface area contributed by atoms with Crippen LogP contribution in [-0.2, 0) is 11.3 Å². The number of hydrogen-bond donors (Lipinski definition) is 1. The van der Waals surface area contributed by atoms with E-state index in [-0.39, 0.29) is 6.61 Å². The van der Waals surface area contributed by atoms with Crippen LogP contribution in [-0.4, -0.2) is 6.09 Å². The van der Waals surface area contributed by atoms with E-state index in [0.717, 1.165) is 11.3 Å². The molecular weight excluding hydrogens is 230 g/mol. The maximum absolute atomic E-state index is 10.5. The summed E-state index contributed by atoms with van der Waals surface area (Å²) in [5.41, 5.74) is 5.73. The van der Waals surface area contributed by atoms with E-state index >= 15 is 0 Å². The van der Waals surface area contributed by atoms with E-state index in [2.05, 4.69) is 0 Å². The van der Waals surface area contributed by atoms with Gasteiger partial charge in [0.05, 0.1) is 0 Å². The minimum Gasteiger partial charge on any atom is -0.457 e. The monoisotopic (exact) mass is 243 g/mol. The summed E-state index contributed by atoms with van der Waals surface area (Å²) in [6, 6.07) is 16.8. The second-order valence-electron chi connectivity index (χ2n) is 3.67. The van der Waals surface area contributed by atoms with E-state index in [1.165, 1.54) is 0 Å². The summed E-state index contributed by atoms with van der Waals surface area (Å²) in [5.74, 6) is 1.44. The molecule has 0 aliphatic heterocycles. The van der Waals surface area contributed by atoms with Crippen LogP contribution in [0, 0.1) is 0 Å². The first-order valence-electron chi connectivity index (χ1n) is 5.48. The highest BCUT2D eigenvalue weighted by molar-refractivity contribution is 5.64. The molecule has 92 valence electrons. The van der Waals surface area contributed by atoms with E-state index in [9.17, 15) is 4.79 Å². The van der Waals surface area contributed by atoms with Crippen LogP contribution in [0.2, 0.25) is 0 Å². The molecule has 0 spiro atoms. The Morgan fingerprint density at radius 2 is 1.72 bits per heavy atom. The van der Waals surface area contributed by atoms with Gasteiger partial charge in [-0.2, -0.15) is 0 Å². The fourth-order valence-corrected chi connectivity index (χ4v) is 1.48. The number of rotatable bonds is 4. The largest absolute Gasteiger partial charge is 0.457 e. The first kappa shape index (κ1) is 12.0. The normalized spacial score (nSPS) is 9.78. The SMILES string of the molecule is NC(=O)OCc1cccc(Oc2ccccc2)c1. The number of primary amides is 1. The molecule has 2 N–H and O–H groups in total. The molecule has 0 fully saturated rings. The third kappa shape index (κ3) is 3.52. The predicted octanol–water partition coefficient (Wildman–Crippen LogP) is 3.07. The van der Waals surface area contributed by atoms with Crippen LogP contribution in [0.25, 0.3) is 0 Å². The van der Waals surface area contributed by atoms with Crippen molar-refractivity contribution in [3.8, 4) is 11.5 Å². The molecule has 0 saturated heterocycles. The summed E-state index contributed by atoms with van der Waals surface area (Å²) < 4.78 is 10.4. The molecule has 0 aliphatic rings. The lowest BCUT2D eigenvalue weighted by molar-refractivity contribution is 0.150. The summed E-state index contributed by atoms with van der Waals surface area (Å²) in [7, 11) is 0. The van der Waals surface area contributed by atoms with E-state index in [4.69, 9.17) is 15.2 Å². The van der Waals surface area contributed by atoms with Gasteiger partial charge in [-0.05, 0) is 29.8 Å². The van der Waals surface area contributed by atoms with Crippen molar-refractivity contribution in [3.63, 3.8) is 0 Å². The van der Waals surface area contributed by atoms with Crippen LogP contribution in [0.3, 0.4) is 0 Å². The Morgan fingerprint density at radius 1 is 1.00 bits per heavy atom. The highest BCUT2D eigenvalue weighted by atomic mass is 16.5. The zero-order valence-electron chi connectivity index (χ0n) is 9.71. The average molecular weight is 243 g/mol. The molecule has 4 nitrogen and oxygen atoms in total. The Kier molecular flexibility index (Phi) is 3.81. The van der Waals surface area contributed by atoms with Crippen LogP contribution < -0.4 is 10.5 Å². The smallest absolute Gasteiger partial charge is 0.404 e. The molecule has 2 aromatic carbocycles. The molecule has 18 heavy (non-hydrogen) atoms. The van der Waals surface area contributed by atoms with Crippen LogP contribution in [0.15, 0.2) is 54.6 Å². The Bertz CT molecular complexity index is 526. The van der Waals surface area contributed by atoms with Crippen LogP contribution in [0.5, 0.6) is 11.5 Å². The van der Waals surface area contributed by atoms with E-state index in [1.54, 1.807) is 6.07 Å². The zero-order chi connectivity index (χ0) is 12.8. The minimum atomic E-state index is -0.788. The molecule has 2 rings (SSSR count). The van der Waals surface area contributed by atoms with Crippen molar-refractivity contribution >= 4 is 6.09 Å². The number of ether oxygens (including phenoxy) is 2. The maximum Gasteiger partial charge on any atom is 0.404 e. The second kappa shape index (κ2) is 5.72. The van der Waals surface area contributed by atoms with Gasteiger partial charge in [-0.15, -0.1) is 0 Å². The molecule has 4 heteroatoms. The summed E-state index contributed by atoms with van der Waals surface area (Å²) in [4.78, 5) is 10.5. The number of carbonyl (C=O) groups is 1. The molecule has 0 radical (unpaired) electrons. The van der Waals surface area contributed by atoms with Crippen molar-refractivity contribution in [1.29, 1.82) is 0 Å². The molecular formula is C14H13NO3. The topological polar surface area (TPSA) is 61.6 Å². The lowest BCUT2D eigenvalue weighted by Crippen LogP contribution is -2.12. The molecule has 1 amide bonds. The quantitative estimate of drug-likeness (QED) is 0.897. The van der Waals surface area contributed by atoms with Crippen LogP contribution in [0.4, 0.5) is 4.79 Å². The summed E-state index contributed by atoms with van der Waals surface area (Å²) in [6.45, 7) is 0.140. The van der Waals surface area contributed by atoms with Crippen molar-refractivity contribution in [2.45, 2.75) is 6.61 Å². The molecule has 0 aromatic heterocycles. The van der Waals surface area contributed by atoms with Crippen LogP contribution >= 0.6 is 0 Å². The number of hydrogen-bond acceptors (Lipinski definition) is 3. The summed E-state index contributed by atoms with van der Waals surface area (Å²) in [5, 5.41) is 0. The van der Waals surface area contributed by atoms with Gasteiger partial charge in [0.25, 0.3) is 0 Å². The van der Waals surface area contributed by atoms with Gasteiger partial charge < -0.3 is 15.2 Å². The number of nitrogens with two attached hydrogens (primary N) is 1. The van der Waals surface area contributed by atoms with Gasteiger partial charge in [-0.3, -0.25) is 0 Å². The number of para-hydroxylation sites is 1. The Labute approximate surface area is 105 Å². The first-order chi connectivity index (χ1) is 8.74. The minimum absolute atomic E-state index is 0.140. The fraction of sp³-hybridized carbons (Fsp3) is 0.0714. The van der Waals surface area contributed by atoms with E-state index in [1.807, 2.05) is 48.5 Å². The maximum atomic E-state index is 10.5. The van der Waals surface area contributed by atoms with Gasteiger partial charge in [-0.25, -0.2) is 4.79 Å². The van der Waals surface area contributed by atoms with Crippen molar-refractivity contribution in [1.82, 2.24) is 0 Å². The first-order valence-corrected chi connectivity index (χ1v) is 5.48. The van der Waals surface area contributed by atoms with Crippen molar-refractivity contribution < 1.29 is 14.3 Å².